The van der Waals surface area contributed by atoms with Gasteiger partial charge in [0, 0.05) is 10.6 Å². The Balaban J connectivity index is 1.90. The molecule has 0 fully saturated rings. The van der Waals surface area contributed by atoms with Gasteiger partial charge in [0.15, 0.2) is 0 Å². The summed E-state index contributed by atoms with van der Waals surface area (Å²) in [5, 5.41) is 0.596. The largest absolute Gasteiger partial charge is 0.444 e. The van der Waals surface area contributed by atoms with E-state index < -0.39 is 11.8 Å². The molecule has 27 heavy (non-hydrogen) atoms. The Morgan fingerprint density at radius 3 is 2.48 bits per heavy atom. The molecule has 0 saturated carbocycles. The summed E-state index contributed by atoms with van der Waals surface area (Å²) in [5.74, 6) is -1.14. The first-order chi connectivity index (χ1) is 13.1. The molecule has 0 N–H and O–H groups in total. The van der Waals surface area contributed by atoms with Gasteiger partial charge in [-0.05, 0) is 54.4 Å². The fourth-order valence-electron chi connectivity index (χ4n) is 3.29. The molecule has 1 aliphatic heterocycles. The van der Waals surface area contributed by atoms with E-state index in [4.69, 9.17) is 21.1 Å². The lowest BCUT2D eigenvalue weighted by atomic mass is 9.95. The Bertz CT molecular complexity index is 1010. The number of ether oxygens (including phenoxy) is 2. The van der Waals surface area contributed by atoms with Gasteiger partial charge in [-0.15, -0.1) is 6.58 Å². The van der Waals surface area contributed by atoms with E-state index in [0.717, 1.165) is 5.56 Å². The molecule has 1 heterocycles. The summed E-state index contributed by atoms with van der Waals surface area (Å²) in [4.78, 5) is 12.6. The Kier molecular flexibility index (Phi) is 4.46. The highest BCUT2D eigenvalue weighted by Crippen LogP contribution is 2.44. The Morgan fingerprint density at radius 2 is 1.70 bits per heavy atom. The lowest BCUT2D eigenvalue weighted by Crippen LogP contribution is -2.35. The highest BCUT2D eigenvalue weighted by atomic mass is 35.5. The van der Waals surface area contributed by atoms with E-state index in [-0.39, 0.29) is 0 Å². The minimum absolute atomic E-state index is 0.415. The van der Waals surface area contributed by atoms with Crippen LogP contribution in [0.15, 0.2) is 85.5 Å². The fraction of sp³-hybridized carbons (Fsp3) is 0.0870. The van der Waals surface area contributed by atoms with Gasteiger partial charge in [-0.1, -0.05) is 48.0 Å². The first-order valence-corrected chi connectivity index (χ1v) is 8.98. The lowest BCUT2D eigenvalue weighted by Gasteiger charge is -2.31. The Labute approximate surface area is 162 Å². The Hall–Kier alpha value is -3.04. The number of carbonyl (C=O) groups is 1. The molecule has 0 amide bonds. The molecular formula is C23H17ClO3. The molecule has 3 aromatic rings. The number of allylic oxidation sites excluding steroid dienone is 1. The second-order valence-electron chi connectivity index (χ2n) is 6.26. The number of hydrogen-bond donors (Lipinski definition) is 0. The van der Waals surface area contributed by atoms with Gasteiger partial charge in [0.05, 0.1) is 11.1 Å². The molecule has 0 spiro atoms. The van der Waals surface area contributed by atoms with Gasteiger partial charge in [-0.3, -0.25) is 0 Å². The van der Waals surface area contributed by atoms with Crippen molar-refractivity contribution in [3.05, 3.63) is 113 Å². The zero-order chi connectivity index (χ0) is 18.9. The fourth-order valence-corrected chi connectivity index (χ4v) is 3.42. The number of benzene rings is 3. The van der Waals surface area contributed by atoms with Crippen molar-refractivity contribution in [2.24, 2.45) is 0 Å². The van der Waals surface area contributed by atoms with Crippen LogP contribution in [0.3, 0.4) is 0 Å². The van der Waals surface area contributed by atoms with E-state index in [1.54, 1.807) is 18.2 Å². The van der Waals surface area contributed by atoms with Gasteiger partial charge in [0.1, 0.15) is 5.75 Å². The van der Waals surface area contributed by atoms with Crippen molar-refractivity contribution in [3.8, 4) is 5.75 Å². The topological polar surface area (TPSA) is 35.5 Å². The third kappa shape index (κ3) is 3.00. The van der Waals surface area contributed by atoms with Crippen LogP contribution in [-0.2, 0) is 16.9 Å². The van der Waals surface area contributed by atoms with E-state index in [1.807, 2.05) is 60.7 Å². The molecule has 3 nitrogen and oxygen atoms in total. The van der Waals surface area contributed by atoms with Crippen LogP contribution in [0.25, 0.3) is 0 Å². The van der Waals surface area contributed by atoms with Crippen molar-refractivity contribution >= 4 is 17.6 Å². The van der Waals surface area contributed by atoms with Gasteiger partial charge in [-0.25, -0.2) is 4.79 Å². The first-order valence-electron chi connectivity index (χ1n) is 8.61. The standard InChI is InChI=1S/C23H17ClO3/c1-2-7-16-8-3-6-11-21(16)26-23(17-12-14-18(24)15-13-17)20-10-5-4-9-19(20)22(25)27-23/h2-6,8-15H,1,7H2/t23-/m0/s1. The number of hydrogen-bond acceptors (Lipinski definition) is 3. The number of carbonyl (C=O) groups excluding carboxylic acids is 1. The molecule has 0 saturated heterocycles. The predicted octanol–water partition coefficient (Wildman–Crippen LogP) is 5.52. The summed E-state index contributed by atoms with van der Waals surface area (Å²) in [5.41, 5.74) is 2.82. The van der Waals surface area contributed by atoms with Crippen LogP contribution in [0.5, 0.6) is 5.75 Å². The molecule has 0 aliphatic carbocycles. The van der Waals surface area contributed by atoms with E-state index in [9.17, 15) is 4.79 Å². The SMILES string of the molecule is C=CCc1ccccc1O[C@@]1(c2ccc(Cl)cc2)OC(=O)c2ccccc21. The van der Waals surface area contributed by atoms with Crippen molar-refractivity contribution in [2.75, 3.05) is 0 Å². The molecule has 0 radical (unpaired) electrons. The highest BCUT2D eigenvalue weighted by molar-refractivity contribution is 6.30. The predicted molar refractivity (Wildman–Crippen MR) is 105 cm³/mol. The van der Waals surface area contributed by atoms with Crippen LogP contribution in [0.2, 0.25) is 5.02 Å². The van der Waals surface area contributed by atoms with Crippen molar-refractivity contribution in [3.63, 3.8) is 0 Å². The van der Waals surface area contributed by atoms with Crippen LogP contribution in [0.4, 0.5) is 0 Å². The summed E-state index contributed by atoms with van der Waals surface area (Å²) in [7, 11) is 0. The summed E-state index contributed by atoms with van der Waals surface area (Å²) in [6, 6.07) is 22.1. The average molecular weight is 377 g/mol. The average Bonchev–Trinajstić information content (AvgIpc) is 2.97. The molecule has 1 atom stereocenters. The smallest absolute Gasteiger partial charge is 0.342 e. The number of halogens is 1. The lowest BCUT2D eigenvalue weighted by molar-refractivity contribution is -0.109. The van der Waals surface area contributed by atoms with Crippen LogP contribution in [0, 0.1) is 0 Å². The van der Waals surface area contributed by atoms with Gasteiger partial charge >= 0.3 is 11.8 Å². The quantitative estimate of drug-likeness (QED) is 0.434. The Morgan fingerprint density at radius 1 is 1.00 bits per heavy atom. The normalized spacial score (nSPS) is 17.9. The molecule has 0 aromatic heterocycles. The highest BCUT2D eigenvalue weighted by Gasteiger charge is 2.49. The molecule has 0 bridgehead atoms. The van der Waals surface area contributed by atoms with E-state index in [1.165, 1.54) is 0 Å². The van der Waals surface area contributed by atoms with Crippen molar-refractivity contribution in [2.45, 2.75) is 12.2 Å². The molecule has 4 rings (SSSR count). The van der Waals surface area contributed by atoms with E-state index in [0.29, 0.717) is 33.9 Å². The van der Waals surface area contributed by atoms with Gasteiger partial charge < -0.3 is 9.47 Å². The molecule has 0 unspecified atom stereocenters. The number of fused-ring (bicyclic) bond motifs is 1. The summed E-state index contributed by atoms with van der Waals surface area (Å²) < 4.78 is 12.3. The van der Waals surface area contributed by atoms with Crippen LogP contribution < -0.4 is 4.74 Å². The maximum Gasteiger partial charge on any atom is 0.342 e. The summed E-state index contributed by atoms with van der Waals surface area (Å²) in [6.45, 7) is 3.81. The van der Waals surface area contributed by atoms with Gasteiger partial charge in [0.2, 0.25) is 0 Å². The zero-order valence-electron chi connectivity index (χ0n) is 14.5. The van der Waals surface area contributed by atoms with E-state index in [2.05, 4.69) is 6.58 Å². The molecule has 1 aliphatic rings. The monoisotopic (exact) mass is 376 g/mol. The number of rotatable bonds is 5. The number of para-hydroxylation sites is 1. The van der Waals surface area contributed by atoms with Crippen molar-refractivity contribution < 1.29 is 14.3 Å². The first kappa shape index (κ1) is 17.4. The number of esters is 1. The molecule has 4 heteroatoms. The molecule has 3 aromatic carbocycles. The second kappa shape index (κ2) is 6.93. The van der Waals surface area contributed by atoms with Gasteiger partial charge in [0.25, 0.3) is 0 Å². The van der Waals surface area contributed by atoms with Crippen molar-refractivity contribution in [1.82, 2.24) is 0 Å². The third-order valence-electron chi connectivity index (χ3n) is 4.55. The maximum absolute atomic E-state index is 12.6. The second-order valence-corrected chi connectivity index (χ2v) is 6.70. The number of cyclic esters (lactones) is 1. The molecular weight excluding hydrogens is 360 g/mol. The third-order valence-corrected chi connectivity index (χ3v) is 4.80. The zero-order valence-corrected chi connectivity index (χ0v) is 15.3. The van der Waals surface area contributed by atoms with Crippen LogP contribution >= 0.6 is 11.6 Å². The summed E-state index contributed by atoms with van der Waals surface area (Å²) in [6.07, 6.45) is 2.45. The maximum atomic E-state index is 12.6. The van der Waals surface area contributed by atoms with Crippen LogP contribution in [0.1, 0.15) is 27.0 Å². The van der Waals surface area contributed by atoms with Gasteiger partial charge in [-0.2, -0.15) is 0 Å². The minimum Gasteiger partial charge on any atom is -0.444 e. The van der Waals surface area contributed by atoms with Crippen molar-refractivity contribution in [1.29, 1.82) is 0 Å². The van der Waals surface area contributed by atoms with E-state index >= 15 is 0 Å². The molecule has 134 valence electrons. The van der Waals surface area contributed by atoms with Crippen LogP contribution in [-0.4, -0.2) is 5.97 Å². The minimum atomic E-state index is -1.37. The summed E-state index contributed by atoms with van der Waals surface area (Å²) >= 11 is 6.06.